The molecule has 2 amide bonds. The van der Waals surface area contributed by atoms with Crippen molar-refractivity contribution in [3.63, 3.8) is 0 Å². The lowest BCUT2D eigenvalue weighted by Crippen LogP contribution is -2.54. The largest absolute Gasteiger partial charge is 0.476 e. The van der Waals surface area contributed by atoms with E-state index in [1.54, 1.807) is 26.0 Å². The number of nitrogens with two attached hydrogens (primary N) is 1. The van der Waals surface area contributed by atoms with Gasteiger partial charge in [0.05, 0.1) is 5.69 Å². The number of nitrogens with one attached hydrogen (secondary N) is 1. The number of likely N-dealkylation sites (N-methyl/N-ethyl adjacent to an activating group) is 1. The highest BCUT2D eigenvalue weighted by Crippen LogP contribution is 2.38. The third kappa shape index (κ3) is 2.46. The second-order valence-corrected chi connectivity index (χ2v) is 5.18. The molecule has 6 heteroatoms. The Kier molecular flexibility index (Phi) is 3.67. The first-order chi connectivity index (χ1) is 9.39. The van der Waals surface area contributed by atoms with Crippen molar-refractivity contribution >= 4 is 17.5 Å². The van der Waals surface area contributed by atoms with Gasteiger partial charge in [0.15, 0.2) is 5.60 Å². The van der Waals surface area contributed by atoms with Crippen LogP contribution in [0.4, 0.5) is 5.69 Å². The van der Waals surface area contributed by atoms with E-state index in [0.29, 0.717) is 18.0 Å². The predicted octanol–water partition coefficient (Wildman–Crippen LogP) is 0.395. The van der Waals surface area contributed by atoms with Crippen molar-refractivity contribution in [3.05, 3.63) is 23.8 Å². The molecule has 2 rings (SSSR count). The lowest BCUT2D eigenvalue weighted by Gasteiger charge is -2.38. The van der Waals surface area contributed by atoms with Crippen LogP contribution in [0.3, 0.4) is 0 Å². The molecular weight excluding hydrogens is 258 g/mol. The Bertz CT molecular complexity index is 555. The monoisotopic (exact) mass is 277 g/mol. The average Bonchev–Trinajstić information content (AvgIpc) is 2.43. The van der Waals surface area contributed by atoms with Gasteiger partial charge in [-0.1, -0.05) is 6.07 Å². The number of hydrogen-bond donors (Lipinski definition) is 2. The van der Waals surface area contributed by atoms with Crippen LogP contribution in [0.2, 0.25) is 0 Å². The highest BCUT2D eigenvalue weighted by atomic mass is 16.5. The minimum Gasteiger partial charge on any atom is -0.476 e. The van der Waals surface area contributed by atoms with E-state index in [-0.39, 0.29) is 18.4 Å². The number of anilines is 1. The smallest absolute Gasteiger partial charge is 0.271 e. The van der Waals surface area contributed by atoms with Gasteiger partial charge < -0.3 is 15.8 Å². The highest BCUT2D eigenvalue weighted by molar-refractivity contribution is 6.05. The first-order valence-electron chi connectivity index (χ1n) is 6.43. The zero-order valence-corrected chi connectivity index (χ0v) is 11.9. The third-order valence-corrected chi connectivity index (χ3v) is 3.26. The molecule has 0 aliphatic carbocycles. The summed E-state index contributed by atoms with van der Waals surface area (Å²) in [5.74, 6) is 0.0960. The van der Waals surface area contributed by atoms with Gasteiger partial charge in [-0.3, -0.25) is 14.5 Å². The summed E-state index contributed by atoms with van der Waals surface area (Å²) in [5, 5.41) is 2.52. The van der Waals surface area contributed by atoms with Gasteiger partial charge >= 0.3 is 0 Å². The van der Waals surface area contributed by atoms with Crippen molar-refractivity contribution in [1.82, 2.24) is 5.32 Å². The maximum atomic E-state index is 12.5. The molecule has 20 heavy (non-hydrogen) atoms. The molecule has 0 radical (unpaired) electrons. The van der Waals surface area contributed by atoms with Crippen molar-refractivity contribution in [1.29, 1.82) is 0 Å². The molecule has 0 saturated heterocycles. The molecule has 0 unspecified atom stereocenters. The normalized spacial score (nSPS) is 16.4. The SMILES string of the molecule is CNC(=O)CN1C(=O)C(C)(C)Oc2ccc(CN)cc21. The number of rotatable bonds is 3. The van der Waals surface area contributed by atoms with E-state index in [1.165, 1.54) is 11.9 Å². The van der Waals surface area contributed by atoms with Gasteiger partial charge in [-0.2, -0.15) is 0 Å². The van der Waals surface area contributed by atoms with Crippen LogP contribution in [0.5, 0.6) is 5.75 Å². The predicted molar refractivity (Wildman–Crippen MR) is 75.5 cm³/mol. The van der Waals surface area contributed by atoms with Gasteiger partial charge in [0.2, 0.25) is 5.91 Å². The van der Waals surface area contributed by atoms with E-state index in [2.05, 4.69) is 5.32 Å². The van der Waals surface area contributed by atoms with Crippen LogP contribution in [-0.2, 0) is 16.1 Å². The number of ether oxygens (including phenoxy) is 1. The summed E-state index contributed by atoms with van der Waals surface area (Å²) >= 11 is 0. The molecule has 1 aromatic carbocycles. The average molecular weight is 277 g/mol. The summed E-state index contributed by atoms with van der Waals surface area (Å²) in [7, 11) is 1.54. The summed E-state index contributed by atoms with van der Waals surface area (Å²) in [6.07, 6.45) is 0. The Morgan fingerprint density at radius 2 is 2.15 bits per heavy atom. The number of amides is 2. The van der Waals surface area contributed by atoms with E-state index in [4.69, 9.17) is 10.5 Å². The molecule has 1 heterocycles. The van der Waals surface area contributed by atoms with E-state index >= 15 is 0 Å². The molecule has 0 aromatic heterocycles. The lowest BCUT2D eigenvalue weighted by atomic mass is 10.0. The van der Waals surface area contributed by atoms with Crippen molar-refractivity contribution in [2.75, 3.05) is 18.5 Å². The maximum absolute atomic E-state index is 12.5. The van der Waals surface area contributed by atoms with Crippen LogP contribution < -0.4 is 20.7 Å². The first-order valence-corrected chi connectivity index (χ1v) is 6.43. The lowest BCUT2D eigenvalue weighted by molar-refractivity contribution is -0.134. The summed E-state index contributed by atoms with van der Waals surface area (Å²) < 4.78 is 5.71. The van der Waals surface area contributed by atoms with Crippen LogP contribution in [0.25, 0.3) is 0 Å². The third-order valence-electron chi connectivity index (χ3n) is 3.26. The first kappa shape index (κ1) is 14.3. The van der Waals surface area contributed by atoms with Gasteiger partial charge in [-0.15, -0.1) is 0 Å². The van der Waals surface area contributed by atoms with Crippen molar-refractivity contribution < 1.29 is 14.3 Å². The Labute approximate surface area is 117 Å². The van der Waals surface area contributed by atoms with Crippen LogP contribution >= 0.6 is 0 Å². The Balaban J connectivity index is 2.47. The summed E-state index contributed by atoms with van der Waals surface area (Å²) in [6.45, 7) is 3.69. The number of benzene rings is 1. The Hall–Kier alpha value is -2.08. The standard InChI is InChI=1S/C14H19N3O3/c1-14(2)13(19)17(8-12(18)16-3)10-6-9(7-15)4-5-11(10)20-14/h4-6H,7-8,15H2,1-3H3,(H,16,18). The molecule has 0 spiro atoms. The van der Waals surface area contributed by atoms with Gasteiger partial charge in [0.25, 0.3) is 5.91 Å². The summed E-state index contributed by atoms with van der Waals surface area (Å²) in [4.78, 5) is 25.5. The zero-order valence-electron chi connectivity index (χ0n) is 11.9. The fraction of sp³-hybridized carbons (Fsp3) is 0.429. The fourth-order valence-corrected chi connectivity index (χ4v) is 2.12. The number of carbonyl (C=O) groups excluding carboxylic acids is 2. The molecule has 3 N–H and O–H groups in total. The molecule has 1 aliphatic heterocycles. The van der Waals surface area contributed by atoms with Crippen LogP contribution in [0, 0.1) is 0 Å². The molecular formula is C14H19N3O3. The molecule has 0 saturated carbocycles. The van der Waals surface area contributed by atoms with Gasteiger partial charge in [0.1, 0.15) is 12.3 Å². The second-order valence-electron chi connectivity index (χ2n) is 5.18. The van der Waals surface area contributed by atoms with Gasteiger partial charge in [-0.05, 0) is 31.5 Å². The number of fused-ring (bicyclic) bond motifs is 1. The van der Waals surface area contributed by atoms with E-state index in [0.717, 1.165) is 5.56 Å². The number of carbonyl (C=O) groups is 2. The minimum absolute atomic E-state index is 0.0385. The molecule has 1 aliphatic rings. The van der Waals surface area contributed by atoms with Crippen molar-refractivity contribution in [2.24, 2.45) is 5.73 Å². The molecule has 1 aromatic rings. The number of nitrogens with zero attached hydrogens (tertiary/aromatic N) is 1. The van der Waals surface area contributed by atoms with E-state index < -0.39 is 5.60 Å². The Morgan fingerprint density at radius 1 is 1.45 bits per heavy atom. The second kappa shape index (κ2) is 5.13. The molecule has 0 bridgehead atoms. The van der Waals surface area contributed by atoms with Gasteiger partial charge in [-0.25, -0.2) is 0 Å². The quantitative estimate of drug-likeness (QED) is 0.837. The van der Waals surface area contributed by atoms with Crippen molar-refractivity contribution in [2.45, 2.75) is 26.0 Å². The van der Waals surface area contributed by atoms with Crippen LogP contribution in [-0.4, -0.2) is 31.0 Å². The fourth-order valence-electron chi connectivity index (χ4n) is 2.12. The minimum atomic E-state index is -0.995. The molecule has 108 valence electrons. The van der Waals surface area contributed by atoms with Crippen LogP contribution in [0.1, 0.15) is 19.4 Å². The summed E-state index contributed by atoms with van der Waals surface area (Å²) in [6, 6.07) is 5.41. The van der Waals surface area contributed by atoms with Gasteiger partial charge in [0, 0.05) is 13.6 Å². The van der Waals surface area contributed by atoms with Crippen molar-refractivity contribution in [3.8, 4) is 5.75 Å². The maximum Gasteiger partial charge on any atom is 0.271 e. The molecule has 0 atom stereocenters. The number of hydrogen-bond acceptors (Lipinski definition) is 4. The van der Waals surface area contributed by atoms with Crippen LogP contribution in [0.15, 0.2) is 18.2 Å². The van der Waals surface area contributed by atoms with E-state index in [1.807, 2.05) is 6.07 Å². The Morgan fingerprint density at radius 3 is 2.75 bits per heavy atom. The van der Waals surface area contributed by atoms with E-state index in [9.17, 15) is 9.59 Å². The molecule has 6 nitrogen and oxygen atoms in total. The topological polar surface area (TPSA) is 84.7 Å². The summed E-state index contributed by atoms with van der Waals surface area (Å²) in [5.41, 5.74) is 6.09. The highest BCUT2D eigenvalue weighted by Gasteiger charge is 2.41. The zero-order chi connectivity index (χ0) is 14.9. The molecule has 0 fully saturated rings.